The van der Waals surface area contributed by atoms with Crippen LogP contribution >= 0.6 is 11.3 Å². The predicted octanol–water partition coefficient (Wildman–Crippen LogP) is -0.0266. The van der Waals surface area contributed by atoms with Crippen molar-refractivity contribution in [1.82, 2.24) is 25.3 Å². The maximum absolute atomic E-state index is 12.6. The summed E-state index contributed by atoms with van der Waals surface area (Å²) in [5, 5.41) is 7.94. The maximum atomic E-state index is 12.6. The number of carbonyl (C=O) groups excluding carboxylic acids is 3. The fourth-order valence-electron chi connectivity index (χ4n) is 4.52. The third-order valence-corrected chi connectivity index (χ3v) is 7.12. The van der Waals surface area contributed by atoms with Crippen molar-refractivity contribution in [3.63, 3.8) is 0 Å². The first-order valence-electron chi connectivity index (χ1n) is 10.4. The largest absolute Gasteiger partial charge is 0.353 e. The highest BCUT2D eigenvalue weighted by atomic mass is 32.1. The molecule has 158 valence electrons. The van der Waals surface area contributed by atoms with Crippen LogP contribution in [0.5, 0.6) is 0 Å². The van der Waals surface area contributed by atoms with Gasteiger partial charge in [0.1, 0.15) is 0 Å². The third kappa shape index (κ3) is 4.62. The van der Waals surface area contributed by atoms with Crippen LogP contribution in [0.25, 0.3) is 0 Å². The normalized spacial score (nSPS) is 28.1. The van der Waals surface area contributed by atoms with Gasteiger partial charge in [-0.1, -0.05) is 6.07 Å². The van der Waals surface area contributed by atoms with Crippen LogP contribution in [-0.2, 0) is 9.59 Å². The number of hydrogen-bond acceptors (Lipinski definition) is 6. The van der Waals surface area contributed by atoms with E-state index in [2.05, 4.69) is 27.5 Å². The maximum Gasteiger partial charge on any atom is 0.261 e. The van der Waals surface area contributed by atoms with Crippen molar-refractivity contribution in [1.29, 1.82) is 0 Å². The Bertz CT molecular complexity index is 747. The van der Waals surface area contributed by atoms with Crippen molar-refractivity contribution in [3.05, 3.63) is 22.4 Å². The summed E-state index contributed by atoms with van der Waals surface area (Å²) < 4.78 is 0. The van der Waals surface area contributed by atoms with Crippen molar-refractivity contribution in [3.8, 4) is 0 Å². The second-order valence-electron chi connectivity index (χ2n) is 8.22. The van der Waals surface area contributed by atoms with E-state index in [0.717, 1.165) is 32.6 Å². The summed E-state index contributed by atoms with van der Waals surface area (Å²) in [6, 6.07) is 3.54. The zero-order chi connectivity index (χ0) is 20.4. The molecule has 3 saturated heterocycles. The van der Waals surface area contributed by atoms with Gasteiger partial charge in [0.2, 0.25) is 11.8 Å². The molecular formula is C20H29N5O3S. The van der Waals surface area contributed by atoms with E-state index in [0.29, 0.717) is 30.8 Å². The van der Waals surface area contributed by atoms with Gasteiger partial charge >= 0.3 is 0 Å². The number of nitrogens with zero attached hydrogens (tertiary/aromatic N) is 3. The second-order valence-corrected chi connectivity index (χ2v) is 9.17. The van der Waals surface area contributed by atoms with Gasteiger partial charge < -0.3 is 20.4 Å². The lowest BCUT2D eigenvalue weighted by atomic mass is 10.0. The molecule has 1 aromatic rings. The first kappa shape index (κ1) is 20.3. The van der Waals surface area contributed by atoms with E-state index in [4.69, 9.17) is 0 Å². The van der Waals surface area contributed by atoms with E-state index >= 15 is 0 Å². The molecule has 29 heavy (non-hydrogen) atoms. The molecule has 0 unspecified atom stereocenters. The average Bonchev–Trinajstić information content (AvgIpc) is 3.38. The molecule has 3 aliphatic heterocycles. The fourth-order valence-corrected chi connectivity index (χ4v) is 5.14. The monoisotopic (exact) mass is 419 g/mol. The summed E-state index contributed by atoms with van der Waals surface area (Å²) in [6.45, 7) is 4.65. The van der Waals surface area contributed by atoms with Crippen LogP contribution < -0.4 is 10.6 Å². The van der Waals surface area contributed by atoms with Crippen molar-refractivity contribution >= 4 is 29.1 Å². The van der Waals surface area contributed by atoms with Crippen LogP contribution in [0, 0.1) is 0 Å². The van der Waals surface area contributed by atoms with Crippen LogP contribution in [0.15, 0.2) is 17.5 Å². The topological polar surface area (TPSA) is 85.0 Å². The molecule has 8 nitrogen and oxygen atoms in total. The molecular weight excluding hydrogens is 390 g/mol. The molecule has 9 heteroatoms. The van der Waals surface area contributed by atoms with E-state index in [9.17, 15) is 14.4 Å². The first-order chi connectivity index (χ1) is 14.0. The van der Waals surface area contributed by atoms with E-state index in [1.807, 2.05) is 22.4 Å². The number of fused-ring (bicyclic) bond motifs is 1. The van der Waals surface area contributed by atoms with Gasteiger partial charge in [-0.2, -0.15) is 0 Å². The number of carbonyl (C=O) groups is 3. The highest BCUT2D eigenvalue weighted by Crippen LogP contribution is 2.26. The number of piperazine rings is 2. The van der Waals surface area contributed by atoms with Gasteiger partial charge in [-0.3, -0.25) is 19.3 Å². The molecule has 3 aliphatic rings. The van der Waals surface area contributed by atoms with Crippen molar-refractivity contribution in [2.24, 2.45) is 0 Å². The van der Waals surface area contributed by atoms with E-state index in [1.165, 1.54) is 11.3 Å². The number of rotatable bonds is 5. The zero-order valence-electron chi connectivity index (χ0n) is 16.8. The molecule has 3 fully saturated rings. The van der Waals surface area contributed by atoms with Gasteiger partial charge in [-0.15, -0.1) is 11.3 Å². The van der Waals surface area contributed by atoms with Crippen LogP contribution in [0.4, 0.5) is 0 Å². The number of hydrogen-bond donors (Lipinski definition) is 2. The van der Waals surface area contributed by atoms with Gasteiger partial charge in [0.15, 0.2) is 0 Å². The predicted molar refractivity (Wildman–Crippen MR) is 111 cm³/mol. The van der Waals surface area contributed by atoms with Crippen LogP contribution in [-0.4, -0.2) is 96.9 Å². The second kappa shape index (κ2) is 8.81. The quantitative estimate of drug-likeness (QED) is 0.700. The highest BCUT2D eigenvalue weighted by molar-refractivity contribution is 7.12. The van der Waals surface area contributed by atoms with Crippen LogP contribution in [0.1, 0.15) is 28.9 Å². The van der Waals surface area contributed by atoms with Gasteiger partial charge in [0.05, 0.1) is 10.9 Å². The minimum absolute atomic E-state index is 0.0273. The molecule has 0 spiro atoms. The van der Waals surface area contributed by atoms with Crippen molar-refractivity contribution < 1.29 is 14.4 Å². The SMILES string of the molecule is CN1CCN(C(=O)CC[C@@H]2CNC(=O)[C@@H]3C[C@H](NC(=O)c4cccs4)CN23)CC1. The minimum Gasteiger partial charge on any atom is -0.353 e. The Kier molecular flexibility index (Phi) is 6.17. The van der Waals surface area contributed by atoms with E-state index < -0.39 is 0 Å². The lowest BCUT2D eigenvalue weighted by Crippen LogP contribution is -2.58. The molecule has 1 aromatic heterocycles. The molecule has 0 radical (unpaired) electrons. The first-order valence-corrected chi connectivity index (χ1v) is 11.2. The molecule has 4 rings (SSSR count). The van der Waals surface area contributed by atoms with Gasteiger partial charge in [0, 0.05) is 57.8 Å². The van der Waals surface area contributed by atoms with Gasteiger partial charge in [-0.25, -0.2) is 0 Å². The smallest absolute Gasteiger partial charge is 0.261 e. The van der Waals surface area contributed by atoms with E-state index in [-0.39, 0.29) is 35.8 Å². The molecule has 3 amide bonds. The Balaban J connectivity index is 1.31. The van der Waals surface area contributed by atoms with Gasteiger partial charge in [0.25, 0.3) is 5.91 Å². The van der Waals surface area contributed by atoms with Crippen molar-refractivity contribution in [2.75, 3.05) is 46.3 Å². The molecule has 0 bridgehead atoms. The fraction of sp³-hybridized carbons (Fsp3) is 0.650. The lowest BCUT2D eigenvalue weighted by Gasteiger charge is -2.38. The molecule has 4 heterocycles. The van der Waals surface area contributed by atoms with Crippen molar-refractivity contribution in [2.45, 2.75) is 37.4 Å². The molecule has 0 saturated carbocycles. The molecule has 2 N–H and O–H groups in total. The standard InChI is InChI=1S/C20H29N5O3S/c1-23-6-8-24(9-7-23)18(26)5-4-15-12-21-19(27)16-11-14(13-25(15)16)22-20(28)17-3-2-10-29-17/h2-3,10,14-16H,4-9,11-13H2,1H3,(H,21,27)(H,22,28)/t14-,15+,16-/m0/s1. The van der Waals surface area contributed by atoms with Gasteiger partial charge in [-0.05, 0) is 31.3 Å². The summed E-state index contributed by atoms with van der Waals surface area (Å²) in [5.41, 5.74) is 0. The zero-order valence-corrected chi connectivity index (χ0v) is 17.6. The Labute approximate surface area is 175 Å². The summed E-state index contributed by atoms with van der Waals surface area (Å²) in [5.74, 6) is 0.153. The highest BCUT2D eigenvalue weighted by Gasteiger charge is 2.44. The molecule has 0 aliphatic carbocycles. The third-order valence-electron chi connectivity index (χ3n) is 6.25. The summed E-state index contributed by atoms with van der Waals surface area (Å²) in [7, 11) is 2.08. The van der Waals surface area contributed by atoms with E-state index in [1.54, 1.807) is 0 Å². The summed E-state index contributed by atoms with van der Waals surface area (Å²) >= 11 is 1.42. The molecule has 0 aromatic carbocycles. The number of thiophene rings is 1. The summed E-state index contributed by atoms with van der Waals surface area (Å²) in [6.07, 6.45) is 1.85. The Morgan fingerprint density at radius 1 is 1.28 bits per heavy atom. The number of amides is 3. The lowest BCUT2D eigenvalue weighted by molar-refractivity contribution is -0.133. The number of nitrogens with one attached hydrogen (secondary N) is 2. The number of likely N-dealkylation sites (N-methyl/N-ethyl adjacent to an activating group) is 1. The van der Waals surface area contributed by atoms with Crippen LogP contribution in [0.2, 0.25) is 0 Å². The minimum atomic E-state index is -0.221. The Morgan fingerprint density at radius 3 is 2.79 bits per heavy atom. The Morgan fingerprint density at radius 2 is 2.07 bits per heavy atom. The summed E-state index contributed by atoms with van der Waals surface area (Å²) in [4.78, 5) is 44.4. The van der Waals surface area contributed by atoms with Crippen LogP contribution in [0.3, 0.4) is 0 Å². The average molecular weight is 420 g/mol. The molecule has 3 atom stereocenters. The Hall–Kier alpha value is -1.97.